The van der Waals surface area contributed by atoms with Gasteiger partial charge in [-0.25, -0.2) is 4.57 Å². The first-order valence-electron chi connectivity index (χ1n) is 33.4. The van der Waals surface area contributed by atoms with E-state index in [1.54, 1.807) is 0 Å². The SMILES string of the molecule is CCCCCCCCCCCCCCCCO[C@@H]1[C@H](O)[C@@H](O)[C@H](O)[C@@H](O[C@H]2O[C@H](CO)[C@@H](O)[C@H](O)[C@H]2N)[C@@H]1OP(=O)(O)OC[C@@H](COC(=O)CCCCCCCCCCCCCCC)OC(=O)CCCCCCCCCCCCCCC. The summed E-state index contributed by atoms with van der Waals surface area (Å²) in [6.45, 7) is 4.70. The number of esters is 2. The number of unbranched alkanes of at least 4 members (excludes halogenated alkanes) is 37. The van der Waals surface area contributed by atoms with Gasteiger partial charge in [0.15, 0.2) is 12.4 Å². The summed E-state index contributed by atoms with van der Waals surface area (Å²) < 4.78 is 54.2. The number of carbonyl (C=O) groups is 2. The fourth-order valence-electron chi connectivity index (χ4n) is 11.1. The summed E-state index contributed by atoms with van der Waals surface area (Å²) in [5, 5.41) is 65.0. The van der Waals surface area contributed by atoms with Gasteiger partial charge in [-0.3, -0.25) is 18.6 Å². The van der Waals surface area contributed by atoms with E-state index in [0.717, 1.165) is 77.0 Å². The van der Waals surface area contributed by atoms with Crippen molar-refractivity contribution in [2.24, 2.45) is 5.73 Å². The number of hydrogen-bond acceptors (Lipinski definition) is 17. The Labute approximate surface area is 496 Å². The van der Waals surface area contributed by atoms with Crippen LogP contribution in [0.1, 0.15) is 290 Å². The fraction of sp³-hybridized carbons (Fsp3) is 0.968. The molecule has 1 saturated heterocycles. The number of phosphoric acid groups is 1. The fourth-order valence-corrected chi connectivity index (χ4v) is 12.1. The molecule has 1 aliphatic carbocycles. The number of aliphatic hydroxyl groups is 6. The van der Waals surface area contributed by atoms with E-state index >= 15 is 0 Å². The molecule has 0 aromatic heterocycles. The molecular formula is C63H122NO17P. The molecule has 9 N–H and O–H groups in total. The van der Waals surface area contributed by atoms with Gasteiger partial charge in [-0.2, -0.15) is 0 Å². The lowest BCUT2D eigenvalue weighted by atomic mass is 9.84. The second kappa shape index (κ2) is 49.6. The van der Waals surface area contributed by atoms with Crippen molar-refractivity contribution in [1.82, 2.24) is 0 Å². The number of hydrogen-bond donors (Lipinski definition) is 8. The molecule has 0 radical (unpaired) electrons. The Bertz CT molecular complexity index is 1570. The van der Waals surface area contributed by atoms with Gasteiger partial charge in [-0.05, 0) is 19.3 Å². The van der Waals surface area contributed by atoms with Gasteiger partial charge in [0.05, 0.1) is 19.3 Å². The Kier molecular flexibility index (Phi) is 46.4. The van der Waals surface area contributed by atoms with Crippen molar-refractivity contribution in [3.05, 3.63) is 0 Å². The maximum atomic E-state index is 14.1. The lowest BCUT2D eigenvalue weighted by molar-refractivity contribution is -0.317. The van der Waals surface area contributed by atoms with Crippen molar-refractivity contribution in [3.63, 3.8) is 0 Å². The van der Waals surface area contributed by atoms with Crippen molar-refractivity contribution in [2.45, 2.75) is 364 Å². The van der Waals surface area contributed by atoms with Crippen LogP contribution < -0.4 is 5.73 Å². The Morgan fingerprint density at radius 2 is 0.854 bits per heavy atom. The molecule has 13 atom stereocenters. The molecule has 82 heavy (non-hydrogen) atoms. The summed E-state index contributed by atoms with van der Waals surface area (Å²) in [4.78, 5) is 37.7. The Hall–Kier alpha value is -1.35. The zero-order valence-electron chi connectivity index (χ0n) is 51.7. The predicted octanol–water partition coefficient (Wildman–Crippen LogP) is 12.0. The molecule has 2 aliphatic rings. The van der Waals surface area contributed by atoms with Crippen LogP contribution in [-0.2, 0) is 46.9 Å². The van der Waals surface area contributed by atoms with Crippen LogP contribution in [0.3, 0.4) is 0 Å². The molecule has 1 aliphatic heterocycles. The van der Waals surface area contributed by atoms with Crippen LogP contribution in [0.25, 0.3) is 0 Å². The standard InChI is InChI=1S/C63H122NO17P/c1-4-7-10-13-16-19-22-25-28-31-34-37-40-43-46-75-60-58(71)57(70)59(72)61(80-63-54(64)56(69)55(68)51(47-65)79-63)62(60)81-82(73,74)77-49-50(78-53(67)45-42-39-36-33-30-27-24-21-18-15-12-9-6-3)48-76-52(66)44-41-38-35-32-29-26-23-20-17-14-11-8-5-2/h50-51,54-63,65,68-72H,4-49,64H2,1-3H3,(H,73,74)/t50-,51-,54-,55-,56-,57-,58-,59+,60-,61-,62-,63-/m1/s1. The topological polar surface area (TPSA) is 283 Å². The molecule has 2 rings (SSSR count). The highest BCUT2D eigenvalue weighted by Crippen LogP contribution is 2.48. The number of nitrogens with two attached hydrogens (primary N) is 1. The smallest absolute Gasteiger partial charge is 0.462 e. The predicted molar refractivity (Wildman–Crippen MR) is 321 cm³/mol. The third-order valence-electron chi connectivity index (χ3n) is 16.4. The van der Waals surface area contributed by atoms with E-state index in [2.05, 4.69) is 20.8 Å². The molecule has 0 amide bonds. The first-order chi connectivity index (χ1) is 39.7. The molecule has 1 saturated carbocycles. The maximum absolute atomic E-state index is 14.1. The quantitative estimate of drug-likeness (QED) is 0.0160. The van der Waals surface area contributed by atoms with Crippen LogP contribution >= 0.6 is 7.82 Å². The third kappa shape index (κ3) is 35.5. The second-order valence-corrected chi connectivity index (χ2v) is 25.3. The van der Waals surface area contributed by atoms with Crippen molar-refractivity contribution >= 4 is 19.8 Å². The number of phosphoric ester groups is 1. The molecular weight excluding hydrogens is 1070 g/mol. The summed E-state index contributed by atoms with van der Waals surface area (Å²) in [6, 6.07) is -1.48. The Morgan fingerprint density at radius 3 is 1.27 bits per heavy atom. The molecule has 0 aromatic carbocycles. The lowest BCUT2D eigenvalue weighted by Crippen LogP contribution is -2.69. The summed E-state index contributed by atoms with van der Waals surface area (Å²) in [5.74, 6) is -1.12. The minimum Gasteiger partial charge on any atom is -0.462 e. The van der Waals surface area contributed by atoms with Gasteiger partial charge in [-0.15, -0.1) is 0 Å². The van der Waals surface area contributed by atoms with E-state index in [9.17, 15) is 49.7 Å². The molecule has 0 aromatic rings. The van der Waals surface area contributed by atoms with Gasteiger partial charge < -0.3 is 65.0 Å². The number of aliphatic hydroxyl groups excluding tert-OH is 6. The van der Waals surface area contributed by atoms with Crippen LogP contribution in [0.4, 0.5) is 0 Å². The summed E-state index contributed by atoms with van der Waals surface area (Å²) >= 11 is 0. The van der Waals surface area contributed by atoms with Gasteiger partial charge in [0.1, 0.15) is 61.5 Å². The first kappa shape index (κ1) is 76.7. The molecule has 1 heterocycles. The monoisotopic (exact) mass is 1200 g/mol. The van der Waals surface area contributed by atoms with Crippen LogP contribution in [0.2, 0.25) is 0 Å². The van der Waals surface area contributed by atoms with Gasteiger partial charge in [0.25, 0.3) is 0 Å². The Balaban J connectivity index is 2.11. The molecule has 2 fully saturated rings. The molecule has 486 valence electrons. The van der Waals surface area contributed by atoms with Crippen molar-refractivity contribution < 1.29 is 82.4 Å². The third-order valence-corrected chi connectivity index (χ3v) is 17.4. The van der Waals surface area contributed by atoms with E-state index in [-0.39, 0.29) is 19.4 Å². The largest absolute Gasteiger partial charge is 0.472 e. The molecule has 19 heteroatoms. The normalized spacial score (nSPS) is 25.0. The zero-order valence-corrected chi connectivity index (χ0v) is 52.6. The minimum absolute atomic E-state index is 0.0185. The van der Waals surface area contributed by atoms with Gasteiger partial charge in [0, 0.05) is 19.4 Å². The highest BCUT2D eigenvalue weighted by Gasteiger charge is 2.56. The summed E-state index contributed by atoms with van der Waals surface area (Å²) in [7, 11) is -5.33. The van der Waals surface area contributed by atoms with E-state index in [1.165, 1.54) is 161 Å². The van der Waals surface area contributed by atoms with Crippen LogP contribution in [0.15, 0.2) is 0 Å². The molecule has 0 bridgehead atoms. The van der Waals surface area contributed by atoms with E-state index in [1.807, 2.05) is 0 Å². The van der Waals surface area contributed by atoms with Gasteiger partial charge in [0.2, 0.25) is 0 Å². The van der Waals surface area contributed by atoms with Crippen molar-refractivity contribution in [2.75, 3.05) is 26.4 Å². The zero-order chi connectivity index (χ0) is 60.1. The van der Waals surface area contributed by atoms with Crippen molar-refractivity contribution in [1.29, 1.82) is 0 Å². The minimum atomic E-state index is -5.33. The highest BCUT2D eigenvalue weighted by atomic mass is 31.2. The van der Waals surface area contributed by atoms with Gasteiger partial charge in [-0.1, -0.05) is 258 Å². The highest BCUT2D eigenvalue weighted by molar-refractivity contribution is 7.47. The second-order valence-electron chi connectivity index (χ2n) is 23.9. The maximum Gasteiger partial charge on any atom is 0.472 e. The van der Waals surface area contributed by atoms with Crippen LogP contribution in [-0.4, -0.2) is 147 Å². The first-order valence-corrected chi connectivity index (χ1v) is 34.9. The van der Waals surface area contributed by atoms with Crippen LogP contribution in [0, 0.1) is 0 Å². The Morgan fingerprint density at radius 1 is 0.476 bits per heavy atom. The summed E-state index contributed by atoms with van der Waals surface area (Å²) in [6.07, 6.45) is 26.8. The van der Waals surface area contributed by atoms with Crippen molar-refractivity contribution in [3.8, 4) is 0 Å². The molecule has 1 unspecified atom stereocenters. The summed E-state index contributed by atoms with van der Waals surface area (Å²) in [5.41, 5.74) is 6.18. The van der Waals surface area contributed by atoms with E-state index < -0.39 is 113 Å². The van der Waals surface area contributed by atoms with E-state index in [0.29, 0.717) is 19.3 Å². The number of ether oxygens (including phenoxy) is 5. The molecule has 18 nitrogen and oxygen atoms in total. The molecule has 0 spiro atoms. The average Bonchev–Trinajstić information content (AvgIpc) is 3.61. The lowest BCUT2D eigenvalue weighted by Gasteiger charge is -2.48. The van der Waals surface area contributed by atoms with Gasteiger partial charge >= 0.3 is 19.8 Å². The number of carbonyl (C=O) groups excluding carboxylic acids is 2. The van der Waals surface area contributed by atoms with Crippen LogP contribution in [0.5, 0.6) is 0 Å². The number of rotatable bonds is 55. The van der Waals surface area contributed by atoms with E-state index in [4.69, 9.17) is 38.5 Å². The average molecular weight is 1200 g/mol.